The fraction of sp³-hybridized carbons (Fsp3) is 0.829. The molecule has 0 saturated carbocycles. The molecule has 8 nitrogen and oxygen atoms in total. The highest BCUT2D eigenvalue weighted by atomic mass is 31.2. The third-order valence-corrected chi connectivity index (χ3v) is 7.96. The van der Waals surface area contributed by atoms with Crippen molar-refractivity contribution in [3.8, 4) is 0 Å². The molecule has 1 atom stereocenters. The Hall–Kier alpha value is -1.47. The first kappa shape index (κ1) is 42.5. The van der Waals surface area contributed by atoms with Gasteiger partial charge in [-0.2, -0.15) is 0 Å². The Morgan fingerprint density at radius 1 is 0.591 bits per heavy atom. The predicted octanol–water partition coefficient (Wildman–Crippen LogP) is 10.1. The van der Waals surface area contributed by atoms with E-state index in [2.05, 4.69) is 42.7 Å². The lowest BCUT2D eigenvalue weighted by Crippen LogP contribution is -2.29. The van der Waals surface area contributed by atoms with E-state index in [9.17, 15) is 14.2 Å². The first-order valence-electron chi connectivity index (χ1n) is 17.6. The number of hydrogen-bond donors (Lipinski definition) is 2. The van der Waals surface area contributed by atoms with Crippen molar-refractivity contribution in [3.63, 3.8) is 0 Å². The number of rotatable bonds is 32. The van der Waals surface area contributed by atoms with Gasteiger partial charge >= 0.3 is 19.8 Å². The second-order valence-corrected chi connectivity index (χ2v) is 13.1. The average Bonchev–Trinajstić information content (AvgIpc) is 2.98. The molecule has 1 unspecified atom stereocenters. The molecule has 0 spiro atoms. The molecule has 2 N–H and O–H groups in total. The van der Waals surface area contributed by atoms with Crippen molar-refractivity contribution in [3.05, 3.63) is 24.3 Å². The second kappa shape index (κ2) is 31.5. The van der Waals surface area contributed by atoms with E-state index in [4.69, 9.17) is 19.3 Å². The quantitative estimate of drug-likeness (QED) is 0.0321. The number of carbonyl (C=O) groups excluding carboxylic acids is 2. The van der Waals surface area contributed by atoms with E-state index in [-0.39, 0.29) is 19.4 Å². The van der Waals surface area contributed by atoms with Gasteiger partial charge in [0.15, 0.2) is 6.10 Å². The number of ether oxygens (including phenoxy) is 2. The van der Waals surface area contributed by atoms with E-state index in [0.717, 1.165) is 51.4 Å². The van der Waals surface area contributed by atoms with E-state index < -0.39 is 32.5 Å². The molecule has 0 aliphatic heterocycles. The van der Waals surface area contributed by atoms with Crippen LogP contribution in [0.2, 0.25) is 0 Å². The summed E-state index contributed by atoms with van der Waals surface area (Å²) in [7, 11) is -4.74. The van der Waals surface area contributed by atoms with Crippen LogP contribution in [0.5, 0.6) is 0 Å². The lowest BCUT2D eigenvalue weighted by molar-refractivity contribution is -0.161. The molecule has 0 bridgehead atoms. The largest absolute Gasteiger partial charge is 0.469 e. The van der Waals surface area contributed by atoms with Crippen LogP contribution in [0.25, 0.3) is 0 Å². The normalized spacial score (nSPS) is 12.7. The topological polar surface area (TPSA) is 119 Å². The molecular formula is C35H65O8P. The number of carbonyl (C=O) groups is 2. The Balaban J connectivity index is 3.98. The van der Waals surface area contributed by atoms with Gasteiger partial charge in [-0.3, -0.25) is 14.1 Å². The summed E-state index contributed by atoms with van der Waals surface area (Å²) in [5, 5.41) is 0. The standard InChI is InChI=1S/C35H65O8P/c1-3-5-7-9-11-13-14-15-16-17-18-19-20-22-24-26-28-30-35(37)43-33(32-42-44(38,39)40)31-41-34(36)29-27-25-23-21-12-10-8-6-4-2/h11,13,15-16,33H,3-10,12,14,17-32H2,1-2H3,(H2,38,39,40)/b13-11-,16-15-. The van der Waals surface area contributed by atoms with Crippen LogP contribution >= 0.6 is 7.82 Å². The Bertz CT molecular complexity index is 777. The summed E-state index contributed by atoms with van der Waals surface area (Å²) in [5.41, 5.74) is 0. The Labute approximate surface area is 269 Å². The molecule has 0 aliphatic rings. The van der Waals surface area contributed by atoms with Crippen molar-refractivity contribution in [2.75, 3.05) is 13.2 Å². The van der Waals surface area contributed by atoms with E-state index in [1.54, 1.807) is 0 Å². The zero-order valence-electron chi connectivity index (χ0n) is 28.1. The smallest absolute Gasteiger partial charge is 0.462 e. The molecule has 0 amide bonds. The van der Waals surface area contributed by atoms with Crippen molar-refractivity contribution in [1.29, 1.82) is 0 Å². The minimum Gasteiger partial charge on any atom is -0.462 e. The van der Waals surface area contributed by atoms with Gasteiger partial charge in [0.05, 0.1) is 6.61 Å². The average molecular weight is 645 g/mol. The molecule has 0 fully saturated rings. The number of phosphoric ester groups is 1. The van der Waals surface area contributed by atoms with Crippen LogP contribution in [-0.4, -0.2) is 41.0 Å². The highest BCUT2D eigenvalue weighted by Gasteiger charge is 2.22. The number of unbranched alkanes of at least 4 members (excludes halogenated alkanes) is 18. The summed E-state index contributed by atoms with van der Waals surface area (Å²) in [6.45, 7) is 3.61. The number of esters is 2. The Kier molecular flexibility index (Phi) is 30.5. The van der Waals surface area contributed by atoms with Crippen molar-refractivity contribution in [2.24, 2.45) is 0 Å². The molecule has 258 valence electrons. The predicted molar refractivity (Wildman–Crippen MR) is 179 cm³/mol. The lowest BCUT2D eigenvalue weighted by atomic mass is 10.1. The molecule has 0 saturated heterocycles. The minimum atomic E-state index is -4.74. The summed E-state index contributed by atoms with van der Waals surface area (Å²) in [6, 6.07) is 0. The first-order valence-corrected chi connectivity index (χ1v) is 19.2. The van der Waals surface area contributed by atoms with Crippen molar-refractivity contribution < 1.29 is 37.9 Å². The highest BCUT2D eigenvalue weighted by Crippen LogP contribution is 2.36. The fourth-order valence-corrected chi connectivity index (χ4v) is 5.17. The molecule has 0 aliphatic carbocycles. The SMILES string of the molecule is CCCCC/C=C\C/C=C\CCCCCCCCCC(=O)OC(COC(=O)CCCCCCCCCCC)COP(=O)(O)O. The number of phosphoric acid groups is 1. The third-order valence-electron chi connectivity index (χ3n) is 7.47. The summed E-state index contributed by atoms with van der Waals surface area (Å²) in [4.78, 5) is 42.5. The van der Waals surface area contributed by atoms with Gasteiger partial charge in [0.2, 0.25) is 0 Å². The zero-order chi connectivity index (χ0) is 32.6. The van der Waals surface area contributed by atoms with Crippen LogP contribution in [0, 0.1) is 0 Å². The summed E-state index contributed by atoms with van der Waals surface area (Å²) in [6.07, 6.45) is 33.3. The minimum absolute atomic E-state index is 0.205. The van der Waals surface area contributed by atoms with Gasteiger partial charge in [0.1, 0.15) is 6.61 Å². The lowest BCUT2D eigenvalue weighted by Gasteiger charge is -2.18. The molecule has 0 rings (SSSR count). The molecule has 0 radical (unpaired) electrons. The van der Waals surface area contributed by atoms with Crippen LogP contribution in [-0.2, 0) is 28.2 Å². The van der Waals surface area contributed by atoms with Crippen LogP contribution in [0.1, 0.15) is 168 Å². The van der Waals surface area contributed by atoms with Gasteiger partial charge in [-0.15, -0.1) is 0 Å². The van der Waals surface area contributed by atoms with Crippen LogP contribution < -0.4 is 0 Å². The van der Waals surface area contributed by atoms with Gasteiger partial charge in [-0.05, 0) is 44.9 Å². The summed E-state index contributed by atoms with van der Waals surface area (Å²) >= 11 is 0. The molecule has 0 aromatic carbocycles. The van der Waals surface area contributed by atoms with Crippen LogP contribution in [0.15, 0.2) is 24.3 Å². The van der Waals surface area contributed by atoms with Crippen molar-refractivity contribution >= 4 is 19.8 Å². The molecular weight excluding hydrogens is 579 g/mol. The van der Waals surface area contributed by atoms with Crippen LogP contribution in [0.3, 0.4) is 0 Å². The Morgan fingerprint density at radius 3 is 1.55 bits per heavy atom. The van der Waals surface area contributed by atoms with Gasteiger partial charge in [0.25, 0.3) is 0 Å². The first-order chi connectivity index (χ1) is 21.3. The van der Waals surface area contributed by atoms with E-state index >= 15 is 0 Å². The second-order valence-electron chi connectivity index (χ2n) is 11.8. The molecule has 44 heavy (non-hydrogen) atoms. The van der Waals surface area contributed by atoms with Crippen LogP contribution in [0.4, 0.5) is 0 Å². The van der Waals surface area contributed by atoms with E-state index in [1.165, 1.54) is 83.5 Å². The maximum atomic E-state index is 12.3. The fourth-order valence-electron chi connectivity index (χ4n) is 4.81. The van der Waals surface area contributed by atoms with Crippen molar-refractivity contribution in [1.82, 2.24) is 0 Å². The molecule has 0 aromatic heterocycles. The molecule has 0 aromatic rings. The number of allylic oxidation sites excluding steroid dienone is 4. The molecule has 9 heteroatoms. The van der Waals surface area contributed by atoms with E-state index in [0.29, 0.717) is 6.42 Å². The maximum absolute atomic E-state index is 12.3. The molecule has 0 heterocycles. The van der Waals surface area contributed by atoms with Gasteiger partial charge < -0.3 is 19.3 Å². The Morgan fingerprint density at radius 2 is 1.02 bits per heavy atom. The van der Waals surface area contributed by atoms with Gasteiger partial charge in [0, 0.05) is 12.8 Å². The number of hydrogen-bond acceptors (Lipinski definition) is 6. The third kappa shape index (κ3) is 33.4. The zero-order valence-corrected chi connectivity index (χ0v) is 29.0. The highest BCUT2D eigenvalue weighted by molar-refractivity contribution is 7.46. The van der Waals surface area contributed by atoms with Gasteiger partial charge in [-0.25, -0.2) is 4.57 Å². The maximum Gasteiger partial charge on any atom is 0.469 e. The monoisotopic (exact) mass is 644 g/mol. The summed E-state index contributed by atoms with van der Waals surface area (Å²) < 4.78 is 26.2. The van der Waals surface area contributed by atoms with Gasteiger partial charge in [-0.1, -0.05) is 134 Å². The summed E-state index contributed by atoms with van der Waals surface area (Å²) in [5.74, 6) is -0.895. The van der Waals surface area contributed by atoms with Crippen molar-refractivity contribution in [2.45, 2.75) is 174 Å². The van der Waals surface area contributed by atoms with E-state index in [1.807, 2.05) is 0 Å².